The van der Waals surface area contributed by atoms with Gasteiger partial charge >= 0.3 is 19.2 Å². The second-order valence-corrected chi connectivity index (χ2v) is 4.69. The standard InChI is InChI=1S/C11H10NO5P/c1-3-11(8(2)13,18(15)16)10(14)17-9-5-4-6-12-7-9/h1,4-8,13H,2H3/p+1. The van der Waals surface area contributed by atoms with E-state index in [9.17, 15) is 19.4 Å². The highest BCUT2D eigenvalue weighted by Gasteiger charge is 2.61. The van der Waals surface area contributed by atoms with Crippen LogP contribution in [0, 0.1) is 12.3 Å². The van der Waals surface area contributed by atoms with Gasteiger partial charge in [-0.1, -0.05) is 0 Å². The van der Waals surface area contributed by atoms with Crippen LogP contribution in [0.2, 0.25) is 0 Å². The third kappa shape index (κ3) is 2.54. The number of hydrogen-bond acceptors (Lipinski definition) is 5. The van der Waals surface area contributed by atoms with E-state index in [4.69, 9.17) is 11.2 Å². The number of rotatable bonds is 4. The Labute approximate surface area is 104 Å². The van der Waals surface area contributed by atoms with E-state index >= 15 is 0 Å². The molecule has 1 rings (SSSR count). The molecule has 0 aliphatic carbocycles. The van der Waals surface area contributed by atoms with Crippen molar-refractivity contribution in [3.63, 3.8) is 0 Å². The molecule has 0 aliphatic heterocycles. The Balaban J connectivity index is 3.06. The topological polar surface area (TPSA) is 96.7 Å². The van der Waals surface area contributed by atoms with Gasteiger partial charge in [0.05, 0.1) is 6.20 Å². The minimum Gasteiger partial charge on any atom is -0.420 e. The molecule has 1 aromatic rings. The van der Waals surface area contributed by atoms with Gasteiger partial charge < -0.3 is 9.84 Å². The number of aromatic nitrogens is 1. The number of pyridine rings is 1. The summed E-state index contributed by atoms with van der Waals surface area (Å²) in [7, 11) is -3.15. The van der Waals surface area contributed by atoms with Gasteiger partial charge in [-0.25, -0.2) is 4.79 Å². The van der Waals surface area contributed by atoms with Crippen LogP contribution in [0.1, 0.15) is 6.92 Å². The van der Waals surface area contributed by atoms with E-state index in [0.29, 0.717) is 0 Å². The summed E-state index contributed by atoms with van der Waals surface area (Å²) in [6.45, 7) is 1.15. The number of hydrogen-bond donors (Lipinski definition) is 2. The Morgan fingerprint density at radius 3 is 2.78 bits per heavy atom. The summed E-state index contributed by atoms with van der Waals surface area (Å²) in [5, 5.41) is 7.19. The Morgan fingerprint density at radius 2 is 2.39 bits per heavy atom. The van der Waals surface area contributed by atoms with Crippen molar-refractivity contribution in [1.29, 1.82) is 0 Å². The van der Waals surface area contributed by atoms with Gasteiger partial charge in [0.25, 0.3) is 0 Å². The molecular weight excluding hydrogens is 257 g/mol. The number of terminal acetylenes is 1. The molecule has 0 spiro atoms. The zero-order chi connectivity index (χ0) is 13.8. The average molecular weight is 268 g/mol. The van der Waals surface area contributed by atoms with Gasteiger partial charge in [-0.2, -0.15) is 4.89 Å². The van der Waals surface area contributed by atoms with Crippen molar-refractivity contribution in [2.45, 2.75) is 18.2 Å². The molecular formula is C11H11NO5P+. The van der Waals surface area contributed by atoms with Crippen molar-refractivity contribution in [1.82, 2.24) is 4.98 Å². The molecule has 7 heteroatoms. The molecule has 0 aromatic carbocycles. The van der Waals surface area contributed by atoms with E-state index < -0.39 is 25.3 Å². The molecule has 0 bridgehead atoms. The number of esters is 1. The first kappa shape index (κ1) is 14.3. The number of nitrogens with zero attached hydrogens (tertiary/aromatic N) is 1. The van der Waals surface area contributed by atoms with Gasteiger partial charge in [0.15, 0.2) is 0 Å². The molecule has 2 N–H and O–H groups in total. The Kier molecular flexibility index (Phi) is 4.51. The van der Waals surface area contributed by atoms with Crippen molar-refractivity contribution in [2.75, 3.05) is 0 Å². The van der Waals surface area contributed by atoms with Gasteiger partial charge in [0.1, 0.15) is 11.9 Å². The van der Waals surface area contributed by atoms with E-state index in [1.165, 1.54) is 24.5 Å². The van der Waals surface area contributed by atoms with E-state index in [0.717, 1.165) is 6.92 Å². The molecule has 0 saturated heterocycles. The first-order valence-corrected chi connectivity index (χ1v) is 6.10. The minimum absolute atomic E-state index is 0.0691. The van der Waals surface area contributed by atoms with Gasteiger partial charge in [0, 0.05) is 6.20 Å². The van der Waals surface area contributed by atoms with E-state index in [1.807, 2.05) is 5.92 Å². The van der Waals surface area contributed by atoms with Crippen LogP contribution in [-0.4, -0.2) is 32.2 Å². The summed E-state index contributed by atoms with van der Waals surface area (Å²) in [6.07, 6.45) is 6.27. The number of aliphatic hydroxyl groups is 1. The molecule has 0 saturated carbocycles. The predicted octanol–water partition coefficient (Wildman–Crippen LogP) is 0.474. The van der Waals surface area contributed by atoms with E-state index in [1.54, 1.807) is 0 Å². The van der Waals surface area contributed by atoms with Crippen molar-refractivity contribution in [2.24, 2.45) is 0 Å². The lowest BCUT2D eigenvalue weighted by molar-refractivity contribution is -0.138. The summed E-state index contributed by atoms with van der Waals surface area (Å²) in [5.41, 5.74) is 0. The SMILES string of the molecule is C#CC(C(=O)Oc1cccnc1)(C(C)O)[P+](=O)O. The maximum absolute atomic E-state index is 11.9. The van der Waals surface area contributed by atoms with Crippen LogP contribution in [0.3, 0.4) is 0 Å². The van der Waals surface area contributed by atoms with Gasteiger partial charge in [-0.05, 0) is 29.5 Å². The zero-order valence-electron chi connectivity index (χ0n) is 9.48. The molecule has 3 unspecified atom stereocenters. The van der Waals surface area contributed by atoms with E-state index in [2.05, 4.69) is 4.98 Å². The van der Waals surface area contributed by atoms with Crippen molar-refractivity contribution < 1.29 is 24.1 Å². The van der Waals surface area contributed by atoms with Gasteiger partial charge in [-0.3, -0.25) is 4.98 Å². The average Bonchev–Trinajstić information content (AvgIpc) is 2.30. The third-order valence-corrected chi connectivity index (χ3v) is 3.57. The van der Waals surface area contributed by atoms with Crippen LogP contribution in [0.4, 0.5) is 0 Å². The fourth-order valence-electron chi connectivity index (χ4n) is 1.24. The summed E-state index contributed by atoms with van der Waals surface area (Å²) in [6, 6.07) is 2.94. The van der Waals surface area contributed by atoms with Gasteiger partial charge in [-0.15, -0.1) is 6.42 Å². The fourth-order valence-corrected chi connectivity index (χ4v) is 1.87. The Hall–Kier alpha value is -1.80. The van der Waals surface area contributed by atoms with Crippen molar-refractivity contribution in [3.8, 4) is 18.1 Å². The second-order valence-electron chi connectivity index (χ2n) is 3.44. The summed E-state index contributed by atoms with van der Waals surface area (Å²) >= 11 is 0. The maximum Gasteiger partial charge on any atom is 0.540 e. The molecule has 94 valence electrons. The molecule has 1 aromatic heterocycles. The summed E-state index contributed by atoms with van der Waals surface area (Å²) in [4.78, 5) is 24.7. The number of aliphatic hydroxyl groups excluding tert-OH is 1. The van der Waals surface area contributed by atoms with Crippen LogP contribution >= 0.6 is 8.03 Å². The van der Waals surface area contributed by atoms with Crippen LogP contribution in [-0.2, 0) is 9.36 Å². The highest BCUT2D eigenvalue weighted by molar-refractivity contribution is 7.42. The number of ether oxygens (including phenoxy) is 1. The first-order valence-electron chi connectivity index (χ1n) is 4.89. The minimum atomic E-state index is -3.15. The number of carbonyl (C=O) groups excluding carboxylic acids is 1. The van der Waals surface area contributed by atoms with E-state index in [-0.39, 0.29) is 5.75 Å². The van der Waals surface area contributed by atoms with Crippen molar-refractivity contribution in [3.05, 3.63) is 24.5 Å². The highest BCUT2D eigenvalue weighted by atomic mass is 31.1. The quantitative estimate of drug-likeness (QED) is 0.468. The second kappa shape index (κ2) is 5.69. The Morgan fingerprint density at radius 1 is 1.72 bits per heavy atom. The van der Waals surface area contributed by atoms with Gasteiger partial charge in [0.2, 0.25) is 0 Å². The first-order chi connectivity index (χ1) is 8.45. The largest absolute Gasteiger partial charge is 0.540 e. The van der Waals surface area contributed by atoms with Crippen LogP contribution in [0.5, 0.6) is 5.75 Å². The molecule has 0 amide bonds. The van der Waals surface area contributed by atoms with Crippen LogP contribution in [0.25, 0.3) is 0 Å². The monoisotopic (exact) mass is 268 g/mol. The lowest BCUT2D eigenvalue weighted by atomic mass is 10.0. The fraction of sp³-hybridized carbons (Fsp3) is 0.273. The maximum atomic E-state index is 11.9. The van der Waals surface area contributed by atoms with Crippen molar-refractivity contribution >= 4 is 14.0 Å². The molecule has 0 aliphatic rings. The van der Waals surface area contributed by atoms with Crippen LogP contribution in [0.15, 0.2) is 24.5 Å². The molecule has 18 heavy (non-hydrogen) atoms. The van der Waals surface area contributed by atoms with Crippen LogP contribution < -0.4 is 4.74 Å². The zero-order valence-corrected chi connectivity index (χ0v) is 10.4. The third-order valence-electron chi connectivity index (χ3n) is 2.28. The molecule has 0 fully saturated rings. The molecule has 0 radical (unpaired) electrons. The lowest BCUT2D eigenvalue weighted by Gasteiger charge is -2.16. The smallest absolute Gasteiger partial charge is 0.420 e. The number of carbonyl (C=O) groups is 1. The summed E-state index contributed by atoms with van der Waals surface area (Å²) < 4.78 is 16.1. The highest BCUT2D eigenvalue weighted by Crippen LogP contribution is 2.39. The summed E-state index contributed by atoms with van der Waals surface area (Å²) in [5.74, 6) is 0.755. The lowest BCUT2D eigenvalue weighted by Crippen LogP contribution is -2.46. The predicted molar refractivity (Wildman–Crippen MR) is 62.9 cm³/mol. The molecule has 6 nitrogen and oxygen atoms in total. The normalized spacial score (nSPS) is 16.0. The molecule has 1 heterocycles. The Bertz CT molecular complexity index is 496. The molecule has 3 atom stereocenters.